The molecule has 1 atom stereocenters. The van der Waals surface area contributed by atoms with Gasteiger partial charge in [0.05, 0.1) is 6.04 Å². The Morgan fingerprint density at radius 1 is 1.21 bits per heavy atom. The second-order valence-corrected chi connectivity index (χ2v) is 5.81. The number of carbonyl (C=O) groups is 1. The molecule has 1 unspecified atom stereocenters. The molecule has 126 valence electrons. The molecule has 3 rings (SSSR count). The van der Waals surface area contributed by atoms with Gasteiger partial charge in [-0.3, -0.25) is 4.79 Å². The van der Waals surface area contributed by atoms with Crippen LogP contribution in [0.4, 0.5) is 4.39 Å². The SMILES string of the molecule is CN(C)C(CNC(=O)c1cccc(F)c1)c1ccc2c(c1)OCO2. The topological polar surface area (TPSA) is 50.8 Å². The van der Waals surface area contributed by atoms with Gasteiger partial charge < -0.3 is 19.7 Å². The van der Waals surface area contributed by atoms with Crippen molar-refractivity contribution in [3.05, 3.63) is 59.4 Å². The van der Waals surface area contributed by atoms with Crippen molar-refractivity contribution < 1.29 is 18.7 Å². The molecule has 5 nitrogen and oxygen atoms in total. The van der Waals surface area contributed by atoms with Gasteiger partial charge in [0.2, 0.25) is 6.79 Å². The molecule has 0 radical (unpaired) electrons. The highest BCUT2D eigenvalue weighted by Gasteiger charge is 2.20. The van der Waals surface area contributed by atoms with Crippen LogP contribution in [0.3, 0.4) is 0 Å². The number of benzene rings is 2. The summed E-state index contributed by atoms with van der Waals surface area (Å²) in [7, 11) is 3.87. The molecule has 2 aromatic carbocycles. The van der Waals surface area contributed by atoms with E-state index in [1.165, 1.54) is 18.2 Å². The molecule has 24 heavy (non-hydrogen) atoms. The minimum atomic E-state index is -0.428. The largest absolute Gasteiger partial charge is 0.454 e. The number of ether oxygens (including phenoxy) is 2. The van der Waals surface area contributed by atoms with Gasteiger partial charge in [-0.2, -0.15) is 0 Å². The van der Waals surface area contributed by atoms with Crippen LogP contribution < -0.4 is 14.8 Å². The first kappa shape index (κ1) is 16.3. The van der Waals surface area contributed by atoms with Crippen molar-refractivity contribution in [2.24, 2.45) is 0 Å². The number of carbonyl (C=O) groups excluding carboxylic acids is 1. The van der Waals surface area contributed by atoms with Crippen molar-refractivity contribution in [2.45, 2.75) is 6.04 Å². The Hall–Kier alpha value is -2.60. The van der Waals surface area contributed by atoms with E-state index in [2.05, 4.69) is 5.32 Å². The van der Waals surface area contributed by atoms with E-state index in [0.717, 1.165) is 11.3 Å². The Morgan fingerprint density at radius 2 is 2.00 bits per heavy atom. The molecule has 2 aromatic rings. The van der Waals surface area contributed by atoms with Crippen molar-refractivity contribution in [3.63, 3.8) is 0 Å². The Morgan fingerprint density at radius 3 is 2.75 bits per heavy atom. The minimum Gasteiger partial charge on any atom is -0.454 e. The van der Waals surface area contributed by atoms with Crippen LogP contribution >= 0.6 is 0 Å². The van der Waals surface area contributed by atoms with Gasteiger partial charge in [0, 0.05) is 12.1 Å². The van der Waals surface area contributed by atoms with Crippen molar-refractivity contribution in [3.8, 4) is 11.5 Å². The molecule has 1 amide bonds. The Bertz CT molecular complexity index is 749. The van der Waals surface area contributed by atoms with Crippen molar-refractivity contribution in [1.82, 2.24) is 10.2 Å². The highest BCUT2D eigenvalue weighted by Crippen LogP contribution is 2.34. The lowest BCUT2D eigenvalue weighted by molar-refractivity contribution is 0.0941. The van der Waals surface area contributed by atoms with Crippen LogP contribution in [0.15, 0.2) is 42.5 Å². The van der Waals surface area contributed by atoms with E-state index in [1.807, 2.05) is 37.2 Å². The fourth-order valence-electron chi connectivity index (χ4n) is 2.64. The number of likely N-dealkylation sites (N-methyl/N-ethyl adjacent to an activating group) is 1. The number of halogens is 1. The van der Waals surface area contributed by atoms with Gasteiger partial charge >= 0.3 is 0 Å². The predicted octanol–water partition coefficient (Wildman–Crippen LogP) is 2.59. The summed E-state index contributed by atoms with van der Waals surface area (Å²) < 4.78 is 24.0. The number of rotatable bonds is 5. The molecule has 0 fully saturated rings. The first-order valence-electron chi connectivity index (χ1n) is 7.64. The molecule has 1 heterocycles. The number of amides is 1. The average molecular weight is 330 g/mol. The van der Waals surface area contributed by atoms with E-state index in [9.17, 15) is 9.18 Å². The molecule has 0 spiro atoms. The lowest BCUT2D eigenvalue weighted by atomic mass is 10.0. The predicted molar refractivity (Wildman–Crippen MR) is 87.7 cm³/mol. The van der Waals surface area contributed by atoms with E-state index >= 15 is 0 Å². The summed E-state index contributed by atoms with van der Waals surface area (Å²) in [5.74, 6) is 0.695. The number of hydrogen-bond donors (Lipinski definition) is 1. The second-order valence-electron chi connectivity index (χ2n) is 5.81. The standard InChI is InChI=1S/C18H19FN2O3/c1-21(2)15(12-6-7-16-17(9-12)24-11-23-16)10-20-18(22)13-4-3-5-14(19)8-13/h3-9,15H,10-11H2,1-2H3,(H,20,22). The van der Waals surface area contributed by atoms with Crippen molar-refractivity contribution in [2.75, 3.05) is 27.4 Å². The maximum atomic E-state index is 13.2. The van der Waals surface area contributed by atoms with Crippen LogP contribution in [0.25, 0.3) is 0 Å². The van der Waals surface area contributed by atoms with E-state index in [0.29, 0.717) is 17.9 Å². The summed E-state index contributed by atoms with van der Waals surface area (Å²) in [6, 6.07) is 11.3. The maximum absolute atomic E-state index is 13.2. The van der Waals surface area contributed by atoms with E-state index in [1.54, 1.807) is 6.07 Å². The molecule has 1 N–H and O–H groups in total. The molecule has 6 heteroatoms. The normalized spacial score (nSPS) is 13.8. The zero-order valence-electron chi connectivity index (χ0n) is 13.6. The molecular weight excluding hydrogens is 311 g/mol. The Balaban J connectivity index is 1.72. The van der Waals surface area contributed by atoms with Gasteiger partial charge in [0.1, 0.15) is 5.82 Å². The lowest BCUT2D eigenvalue weighted by Gasteiger charge is -2.25. The number of nitrogens with one attached hydrogen (secondary N) is 1. The Labute approximate surface area is 140 Å². The molecule has 0 saturated carbocycles. The van der Waals surface area contributed by atoms with Gasteiger partial charge in [-0.15, -0.1) is 0 Å². The van der Waals surface area contributed by atoms with Gasteiger partial charge in [-0.05, 0) is 50.0 Å². The zero-order valence-corrected chi connectivity index (χ0v) is 13.6. The van der Waals surface area contributed by atoms with Gasteiger partial charge in [0.25, 0.3) is 5.91 Å². The number of nitrogens with zero attached hydrogens (tertiary/aromatic N) is 1. The average Bonchev–Trinajstić information content (AvgIpc) is 3.02. The molecule has 1 aliphatic rings. The van der Waals surface area contributed by atoms with Crippen LogP contribution in [-0.2, 0) is 0 Å². The van der Waals surface area contributed by atoms with Crippen LogP contribution in [0, 0.1) is 5.82 Å². The maximum Gasteiger partial charge on any atom is 0.251 e. The van der Waals surface area contributed by atoms with E-state index in [-0.39, 0.29) is 18.7 Å². The zero-order chi connectivity index (χ0) is 17.1. The highest BCUT2D eigenvalue weighted by atomic mass is 19.1. The van der Waals surface area contributed by atoms with Crippen molar-refractivity contribution >= 4 is 5.91 Å². The molecule has 0 aromatic heterocycles. The fraction of sp³-hybridized carbons (Fsp3) is 0.278. The van der Waals surface area contributed by atoms with Gasteiger partial charge in [-0.25, -0.2) is 4.39 Å². The van der Waals surface area contributed by atoms with Crippen LogP contribution in [0.1, 0.15) is 22.0 Å². The van der Waals surface area contributed by atoms with E-state index < -0.39 is 5.82 Å². The molecule has 0 aliphatic carbocycles. The van der Waals surface area contributed by atoms with Crippen LogP contribution in [-0.4, -0.2) is 38.2 Å². The summed E-state index contributed by atoms with van der Waals surface area (Å²) in [5.41, 5.74) is 1.31. The van der Waals surface area contributed by atoms with Crippen LogP contribution in [0.5, 0.6) is 11.5 Å². The number of fused-ring (bicyclic) bond motifs is 1. The van der Waals surface area contributed by atoms with Crippen LogP contribution in [0.2, 0.25) is 0 Å². The van der Waals surface area contributed by atoms with E-state index in [4.69, 9.17) is 9.47 Å². The minimum absolute atomic E-state index is 0.0444. The first-order chi connectivity index (χ1) is 11.5. The monoisotopic (exact) mass is 330 g/mol. The molecule has 1 aliphatic heterocycles. The molecule has 0 saturated heterocycles. The summed E-state index contributed by atoms with van der Waals surface area (Å²) in [6.07, 6.45) is 0. The third kappa shape index (κ3) is 3.49. The third-order valence-corrected chi connectivity index (χ3v) is 3.95. The molecular formula is C18H19FN2O3. The second kappa shape index (κ2) is 6.88. The smallest absolute Gasteiger partial charge is 0.251 e. The van der Waals surface area contributed by atoms with Crippen molar-refractivity contribution in [1.29, 1.82) is 0 Å². The van der Waals surface area contributed by atoms with Gasteiger partial charge in [-0.1, -0.05) is 12.1 Å². The lowest BCUT2D eigenvalue weighted by Crippen LogP contribution is -2.34. The quantitative estimate of drug-likeness (QED) is 0.915. The summed E-state index contributed by atoms with van der Waals surface area (Å²) >= 11 is 0. The first-order valence-corrected chi connectivity index (χ1v) is 7.64. The molecule has 0 bridgehead atoms. The highest BCUT2D eigenvalue weighted by molar-refractivity contribution is 5.94. The fourth-order valence-corrected chi connectivity index (χ4v) is 2.64. The number of hydrogen-bond acceptors (Lipinski definition) is 4. The summed E-state index contributed by atoms with van der Waals surface area (Å²) in [6.45, 7) is 0.615. The summed E-state index contributed by atoms with van der Waals surface area (Å²) in [5, 5.41) is 2.85. The summed E-state index contributed by atoms with van der Waals surface area (Å²) in [4.78, 5) is 14.2. The third-order valence-electron chi connectivity index (χ3n) is 3.95. The Kier molecular flexibility index (Phi) is 4.66. The van der Waals surface area contributed by atoms with Gasteiger partial charge in [0.15, 0.2) is 11.5 Å².